The molecule has 4 unspecified atom stereocenters. The Morgan fingerprint density at radius 1 is 1.03 bits per heavy atom. The molecule has 4 atom stereocenters. The second kappa shape index (κ2) is 10.2. The Labute approximate surface area is 206 Å². The van der Waals surface area contributed by atoms with Gasteiger partial charge in [0.2, 0.25) is 0 Å². The van der Waals surface area contributed by atoms with Crippen LogP contribution in [0.5, 0.6) is 0 Å². The lowest BCUT2D eigenvalue weighted by Crippen LogP contribution is -2.70. The van der Waals surface area contributed by atoms with Gasteiger partial charge in [-0.25, -0.2) is 0 Å². The van der Waals surface area contributed by atoms with E-state index < -0.39 is 33.7 Å². The minimum atomic E-state index is -1.78. The van der Waals surface area contributed by atoms with Crippen LogP contribution >= 0.6 is 0 Å². The molecule has 0 aromatic carbocycles. The van der Waals surface area contributed by atoms with Crippen LogP contribution in [0.3, 0.4) is 0 Å². The minimum absolute atomic E-state index is 0.112. The maximum Gasteiger partial charge on any atom is 0.180 e. The lowest BCUT2D eigenvalue weighted by molar-refractivity contribution is -0.179. The van der Waals surface area contributed by atoms with E-state index in [1.165, 1.54) is 11.6 Å². The van der Waals surface area contributed by atoms with Crippen LogP contribution < -0.4 is 0 Å². The van der Waals surface area contributed by atoms with Crippen molar-refractivity contribution in [2.75, 3.05) is 0 Å². The van der Waals surface area contributed by atoms with Gasteiger partial charge in [0.05, 0.1) is 5.41 Å². The smallest absolute Gasteiger partial charge is 0.180 e. The summed E-state index contributed by atoms with van der Waals surface area (Å²) in [6.07, 6.45) is 10.0. The van der Waals surface area contributed by atoms with Gasteiger partial charge in [-0.15, -0.1) is 0 Å². The average molecular weight is 469 g/mol. The summed E-state index contributed by atoms with van der Waals surface area (Å²) in [5.41, 5.74) is -0.525. The van der Waals surface area contributed by atoms with E-state index in [9.17, 15) is 19.5 Å². The molecule has 1 N–H and O–H groups in total. The van der Waals surface area contributed by atoms with E-state index in [1.54, 1.807) is 13.8 Å². The number of aliphatic hydroxyl groups excluding tert-OH is 1. The summed E-state index contributed by atoms with van der Waals surface area (Å²) >= 11 is 0. The molecule has 0 spiro atoms. The van der Waals surface area contributed by atoms with E-state index in [-0.39, 0.29) is 17.5 Å². The Kier molecular flexibility index (Phi) is 8.38. The number of hydrogen-bond donors (Lipinski definition) is 1. The van der Waals surface area contributed by atoms with Crippen molar-refractivity contribution in [3.63, 3.8) is 0 Å². The van der Waals surface area contributed by atoms with Crippen LogP contribution in [0.4, 0.5) is 0 Å². The monoisotopic (exact) mass is 468 g/mol. The highest BCUT2D eigenvalue weighted by atomic mass is 16.3. The maximum absolute atomic E-state index is 14.5. The molecule has 0 amide bonds. The zero-order chi connectivity index (χ0) is 26.1. The molecule has 4 heteroatoms. The zero-order valence-electron chi connectivity index (χ0n) is 22.7. The quantitative estimate of drug-likeness (QED) is 0.285. The first-order valence-electron chi connectivity index (χ1n) is 12.6. The van der Waals surface area contributed by atoms with Gasteiger partial charge in [0.15, 0.2) is 22.8 Å². The predicted molar refractivity (Wildman–Crippen MR) is 138 cm³/mol. The Morgan fingerprint density at radius 2 is 1.59 bits per heavy atom. The summed E-state index contributed by atoms with van der Waals surface area (Å²) in [6, 6.07) is 0. The van der Waals surface area contributed by atoms with E-state index in [0.29, 0.717) is 32.1 Å². The molecule has 2 aliphatic rings. The lowest BCUT2D eigenvalue weighted by atomic mass is 9.39. The zero-order valence-corrected chi connectivity index (χ0v) is 22.7. The lowest BCUT2D eigenvalue weighted by Gasteiger charge is -2.60. The number of carbonyl (C=O) groups is 3. The van der Waals surface area contributed by atoms with Crippen molar-refractivity contribution in [1.29, 1.82) is 0 Å². The van der Waals surface area contributed by atoms with E-state index in [0.717, 1.165) is 11.1 Å². The standard InChI is InChI=1S/C30H44O4/c1-19(2)11-10-15-28(9)23(13-12-20(3)4)18-29(16-14-21(5)6)24(31)17-25(32)30(28,27(29)34)26(33)22(7)8/h11-12,14,17,22-23,31H,10,13,15-16,18H2,1-9H3. The van der Waals surface area contributed by atoms with Crippen LogP contribution in [0.25, 0.3) is 0 Å². The van der Waals surface area contributed by atoms with Crippen LogP contribution in [0, 0.1) is 28.1 Å². The number of ketones is 3. The fraction of sp³-hybridized carbons (Fsp3) is 0.633. The highest BCUT2D eigenvalue weighted by Crippen LogP contribution is 2.66. The first-order chi connectivity index (χ1) is 15.7. The van der Waals surface area contributed by atoms with Crippen molar-refractivity contribution in [2.45, 2.75) is 94.4 Å². The summed E-state index contributed by atoms with van der Waals surface area (Å²) in [5, 5.41) is 11.1. The molecule has 2 bridgehead atoms. The van der Waals surface area contributed by atoms with Crippen LogP contribution in [-0.2, 0) is 14.4 Å². The molecular formula is C30H44O4. The van der Waals surface area contributed by atoms with Crippen molar-refractivity contribution >= 4 is 17.3 Å². The van der Waals surface area contributed by atoms with E-state index in [2.05, 4.69) is 12.2 Å². The molecule has 34 heavy (non-hydrogen) atoms. The molecule has 4 nitrogen and oxygen atoms in total. The fourth-order valence-corrected chi connectivity index (χ4v) is 6.03. The molecule has 2 rings (SSSR count). The first kappa shape index (κ1) is 28.0. The van der Waals surface area contributed by atoms with E-state index >= 15 is 0 Å². The van der Waals surface area contributed by atoms with Gasteiger partial charge in [-0.2, -0.15) is 0 Å². The SMILES string of the molecule is CC(C)=CCCC1(C)C(CC=C(C)C)CC2(CC=C(C)C)C(=O)C1(C(=O)C(C)C)C(=O)C=C2O. The molecule has 1 fully saturated rings. The van der Waals surface area contributed by atoms with E-state index in [1.807, 2.05) is 54.5 Å². The third-order valence-corrected chi connectivity index (χ3v) is 8.04. The van der Waals surface area contributed by atoms with Gasteiger partial charge in [0.25, 0.3) is 0 Å². The molecule has 0 saturated heterocycles. The maximum atomic E-state index is 14.5. The summed E-state index contributed by atoms with van der Waals surface area (Å²) in [6.45, 7) is 17.5. The molecule has 1 saturated carbocycles. The normalized spacial score (nSPS) is 30.5. The number of rotatable bonds is 9. The van der Waals surface area contributed by atoms with Gasteiger partial charge < -0.3 is 5.11 Å². The minimum Gasteiger partial charge on any atom is -0.511 e. The summed E-state index contributed by atoms with van der Waals surface area (Å²) < 4.78 is 0. The van der Waals surface area contributed by atoms with Gasteiger partial charge in [-0.1, -0.05) is 55.7 Å². The predicted octanol–water partition coefficient (Wildman–Crippen LogP) is 7.26. The highest BCUT2D eigenvalue weighted by Gasteiger charge is 2.74. The average Bonchev–Trinajstić information content (AvgIpc) is 2.71. The Bertz CT molecular complexity index is 964. The number of hydrogen-bond acceptors (Lipinski definition) is 4. The van der Waals surface area contributed by atoms with Gasteiger partial charge >= 0.3 is 0 Å². The van der Waals surface area contributed by atoms with Crippen LogP contribution in [0.15, 0.2) is 46.8 Å². The number of fused-ring (bicyclic) bond motifs is 2. The molecule has 0 heterocycles. The third-order valence-electron chi connectivity index (χ3n) is 8.04. The van der Waals surface area contributed by atoms with Gasteiger partial charge in [0.1, 0.15) is 5.76 Å². The second-order valence-electron chi connectivity index (χ2n) is 11.7. The Hall–Kier alpha value is -2.23. The Balaban J connectivity index is 2.91. The molecular weight excluding hydrogens is 424 g/mol. The topological polar surface area (TPSA) is 71.4 Å². The largest absolute Gasteiger partial charge is 0.511 e. The molecule has 0 aliphatic heterocycles. The summed E-state index contributed by atoms with van der Waals surface area (Å²) in [4.78, 5) is 42.4. The number of Topliss-reactive ketones (excluding diaryl/α,β-unsaturated/α-hetero) is 2. The van der Waals surface area contributed by atoms with Crippen molar-refractivity contribution in [3.05, 3.63) is 46.8 Å². The number of aliphatic hydroxyl groups is 1. The van der Waals surface area contributed by atoms with Crippen LogP contribution in [0.1, 0.15) is 94.4 Å². The summed E-state index contributed by atoms with van der Waals surface area (Å²) in [5.74, 6) is -2.01. The fourth-order valence-electron chi connectivity index (χ4n) is 6.03. The van der Waals surface area contributed by atoms with Crippen molar-refractivity contribution in [3.8, 4) is 0 Å². The molecule has 0 aromatic heterocycles. The second-order valence-corrected chi connectivity index (χ2v) is 11.7. The number of carbonyl (C=O) groups excluding carboxylic acids is 3. The van der Waals surface area contributed by atoms with Crippen LogP contribution in [-0.4, -0.2) is 22.5 Å². The van der Waals surface area contributed by atoms with Crippen LogP contribution in [0.2, 0.25) is 0 Å². The van der Waals surface area contributed by atoms with Gasteiger partial charge in [-0.05, 0) is 85.0 Å². The third kappa shape index (κ3) is 4.53. The molecule has 0 radical (unpaired) electrons. The van der Waals surface area contributed by atoms with Crippen molar-refractivity contribution < 1.29 is 19.5 Å². The number of allylic oxidation sites excluding steroid dienone is 8. The first-order valence-corrected chi connectivity index (χ1v) is 12.6. The van der Waals surface area contributed by atoms with Gasteiger partial charge in [-0.3, -0.25) is 14.4 Å². The summed E-state index contributed by atoms with van der Waals surface area (Å²) in [7, 11) is 0. The molecule has 2 aliphatic carbocycles. The molecule has 188 valence electrons. The van der Waals surface area contributed by atoms with Gasteiger partial charge in [0, 0.05) is 12.0 Å². The van der Waals surface area contributed by atoms with Crippen molar-refractivity contribution in [2.24, 2.45) is 28.1 Å². The highest BCUT2D eigenvalue weighted by molar-refractivity contribution is 6.32. The van der Waals surface area contributed by atoms with Crippen molar-refractivity contribution in [1.82, 2.24) is 0 Å². The molecule has 0 aromatic rings. The van der Waals surface area contributed by atoms with E-state index in [4.69, 9.17) is 0 Å². The Morgan fingerprint density at radius 3 is 2.09 bits per heavy atom.